The van der Waals surface area contributed by atoms with E-state index >= 15 is 0 Å². The molecule has 8 nitrogen and oxygen atoms in total. The summed E-state index contributed by atoms with van der Waals surface area (Å²) in [6, 6.07) is 16.2. The quantitative estimate of drug-likeness (QED) is 0.329. The van der Waals surface area contributed by atoms with Crippen molar-refractivity contribution in [3.05, 3.63) is 70.6 Å². The van der Waals surface area contributed by atoms with Gasteiger partial charge in [-0.25, -0.2) is 4.98 Å². The first-order chi connectivity index (χ1) is 15.5. The predicted octanol–water partition coefficient (Wildman–Crippen LogP) is 3.77. The number of benzene rings is 2. The van der Waals surface area contributed by atoms with Crippen molar-refractivity contribution in [2.24, 2.45) is 0 Å². The molecule has 0 spiro atoms. The van der Waals surface area contributed by atoms with Gasteiger partial charge in [-0.15, -0.1) is 0 Å². The molecule has 0 unspecified atom stereocenters. The maximum atomic E-state index is 13.2. The maximum Gasteiger partial charge on any atom is 0.283 e. The van der Waals surface area contributed by atoms with Crippen molar-refractivity contribution in [2.75, 3.05) is 25.3 Å². The molecule has 4 rings (SSSR count). The fraction of sp³-hybridized carbons (Fsp3) is 0.174. The fourth-order valence-corrected chi connectivity index (χ4v) is 4.10. The van der Waals surface area contributed by atoms with Gasteiger partial charge in [0.25, 0.3) is 5.56 Å². The van der Waals surface area contributed by atoms with E-state index in [1.165, 1.54) is 16.3 Å². The topological polar surface area (TPSA) is 98.2 Å². The van der Waals surface area contributed by atoms with Crippen LogP contribution >= 0.6 is 11.8 Å². The van der Waals surface area contributed by atoms with Gasteiger partial charge >= 0.3 is 0 Å². The number of hydrogen-bond acceptors (Lipinski definition) is 6. The average Bonchev–Trinajstić information content (AvgIpc) is 3.18. The van der Waals surface area contributed by atoms with Crippen LogP contribution in [-0.4, -0.2) is 40.4 Å². The normalized spacial score (nSPS) is 10.8. The van der Waals surface area contributed by atoms with Crippen LogP contribution in [0, 0.1) is 6.92 Å². The highest BCUT2D eigenvalue weighted by Crippen LogP contribution is 2.26. The summed E-state index contributed by atoms with van der Waals surface area (Å²) < 4.78 is 12.0. The van der Waals surface area contributed by atoms with Crippen molar-refractivity contribution in [1.29, 1.82) is 0 Å². The number of ether oxygens (including phenoxy) is 2. The summed E-state index contributed by atoms with van der Waals surface area (Å²) in [5, 5.41) is 3.27. The number of thioether (sulfide) groups is 1. The molecule has 9 heteroatoms. The Bertz CT molecular complexity index is 1310. The van der Waals surface area contributed by atoms with Crippen molar-refractivity contribution in [1.82, 2.24) is 14.5 Å². The van der Waals surface area contributed by atoms with E-state index < -0.39 is 0 Å². The molecule has 1 amide bonds. The van der Waals surface area contributed by atoms with Crippen LogP contribution in [0.2, 0.25) is 0 Å². The number of nitrogens with zero attached hydrogens (tertiary/aromatic N) is 2. The minimum Gasteiger partial charge on any atom is -0.497 e. The number of hydrogen-bond donors (Lipinski definition) is 2. The van der Waals surface area contributed by atoms with Gasteiger partial charge in [0.1, 0.15) is 17.0 Å². The highest BCUT2D eigenvalue weighted by atomic mass is 32.2. The first kappa shape index (κ1) is 21.5. The summed E-state index contributed by atoms with van der Waals surface area (Å²) in [5.41, 5.74) is 2.87. The number of anilines is 1. The summed E-state index contributed by atoms with van der Waals surface area (Å²) in [7, 11) is 3.09. The molecule has 0 aliphatic carbocycles. The zero-order chi connectivity index (χ0) is 22.7. The largest absolute Gasteiger partial charge is 0.497 e. The van der Waals surface area contributed by atoms with Crippen LogP contribution < -0.4 is 20.3 Å². The van der Waals surface area contributed by atoms with Crippen LogP contribution in [0.15, 0.2) is 64.5 Å². The molecule has 0 aliphatic heterocycles. The molecule has 0 fully saturated rings. The fourth-order valence-electron chi connectivity index (χ4n) is 3.29. The molecular formula is C23H22N4O4S. The Morgan fingerprint density at radius 2 is 1.78 bits per heavy atom. The standard InChI is InChI=1S/C23H22N4O4S/c1-14-9-19-21(24-14)22(29)27(16-7-5-4-6-8-16)23(26-19)32-13-20(28)25-15-10-17(30-2)12-18(11-15)31-3/h4-12,24H,13H2,1-3H3,(H,25,28). The smallest absolute Gasteiger partial charge is 0.283 e. The predicted molar refractivity (Wildman–Crippen MR) is 125 cm³/mol. The number of carbonyl (C=O) groups is 1. The van der Waals surface area contributed by atoms with E-state index in [1.54, 1.807) is 32.4 Å². The van der Waals surface area contributed by atoms with Gasteiger partial charge in [0.2, 0.25) is 5.91 Å². The molecule has 0 aliphatic rings. The van der Waals surface area contributed by atoms with Crippen LogP contribution in [0.1, 0.15) is 5.69 Å². The molecule has 0 atom stereocenters. The van der Waals surface area contributed by atoms with Gasteiger partial charge in [-0.3, -0.25) is 14.2 Å². The monoisotopic (exact) mass is 450 g/mol. The second kappa shape index (κ2) is 9.19. The molecular weight excluding hydrogens is 428 g/mol. The lowest BCUT2D eigenvalue weighted by Crippen LogP contribution is -2.23. The van der Waals surface area contributed by atoms with Crippen molar-refractivity contribution in [3.63, 3.8) is 0 Å². The van der Waals surface area contributed by atoms with Crippen LogP contribution in [0.5, 0.6) is 11.5 Å². The number of para-hydroxylation sites is 1. The summed E-state index contributed by atoms with van der Waals surface area (Å²) in [5.74, 6) is 0.957. The third-order valence-corrected chi connectivity index (χ3v) is 5.68. The van der Waals surface area contributed by atoms with E-state index in [0.29, 0.717) is 39.1 Å². The molecule has 4 aromatic rings. The number of aryl methyl sites for hydroxylation is 1. The second-order valence-electron chi connectivity index (χ2n) is 7.02. The zero-order valence-corrected chi connectivity index (χ0v) is 18.7. The molecule has 2 N–H and O–H groups in total. The number of rotatable bonds is 7. The molecule has 2 aromatic heterocycles. The number of H-pyrrole nitrogens is 1. The maximum absolute atomic E-state index is 13.2. The average molecular weight is 451 g/mol. The molecule has 0 saturated heterocycles. The van der Waals surface area contributed by atoms with Gasteiger partial charge in [-0.1, -0.05) is 30.0 Å². The number of amides is 1. The molecule has 0 saturated carbocycles. The number of aromatic nitrogens is 3. The third-order valence-electron chi connectivity index (χ3n) is 4.74. The molecule has 0 bridgehead atoms. The minimum atomic E-state index is -0.246. The van der Waals surface area contributed by atoms with Crippen molar-refractivity contribution in [2.45, 2.75) is 12.1 Å². The molecule has 32 heavy (non-hydrogen) atoms. The summed E-state index contributed by atoms with van der Waals surface area (Å²) in [4.78, 5) is 33.6. The van der Waals surface area contributed by atoms with E-state index in [1.807, 2.05) is 43.3 Å². The number of methoxy groups -OCH3 is 2. The van der Waals surface area contributed by atoms with Crippen molar-refractivity contribution < 1.29 is 14.3 Å². The first-order valence-electron chi connectivity index (χ1n) is 9.82. The lowest BCUT2D eigenvalue weighted by molar-refractivity contribution is -0.113. The zero-order valence-electron chi connectivity index (χ0n) is 17.8. The summed E-state index contributed by atoms with van der Waals surface area (Å²) >= 11 is 1.19. The number of nitrogens with one attached hydrogen (secondary N) is 2. The Labute approximate surface area is 188 Å². The van der Waals surface area contributed by atoms with Crippen molar-refractivity contribution >= 4 is 34.4 Å². The molecule has 2 heterocycles. The van der Waals surface area contributed by atoms with Crippen LogP contribution in [0.25, 0.3) is 16.7 Å². The highest BCUT2D eigenvalue weighted by molar-refractivity contribution is 7.99. The Balaban J connectivity index is 1.62. The Kier molecular flexibility index (Phi) is 6.18. The number of aromatic amines is 1. The van der Waals surface area contributed by atoms with Crippen LogP contribution in [0.4, 0.5) is 5.69 Å². The Morgan fingerprint density at radius 3 is 2.44 bits per heavy atom. The highest BCUT2D eigenvalue weighted by Gasteiger charge is 2.16. The number of fused-ring (bicyclic) bond motifs is 1. The van der Waals surface area contributed by atoms with E-state index in [2.05, 4.69) is 15.3 Å². The van der Waals surface area contributed by atoms with Crippen molar-refractivity contribution in [3.8, 4) is 17.2 Å². The van der Waals surface area contributed by atoms with Gasteiger partial charge in [-0.2, -0.15) is 0 Å². The van der Waals surface area contributed by atoms with Gasteiger partial charge < -0.3 is 19.8 Å². The number of carbonyl (C=O) groups excluding carboxylic acids is 1. The van der Waals surface area contributed by atoms with Crippen LogP contribution in [0.3, 0.4) is 0 Å². The van der Waals surface area contributed by atoms with E-state index in [4.69, 9.17) is 9.47 Å². The van der Waals surface area contributed by atoms with Crippen LogP contribution in [-0.2, 0) is 4.79 Å². The Hall–Kier alpha value is -3.72. The lowest BCUT2D eigenvalue weighted by Gasteiger charge is -2.12. The molecule has 164 valence electrons. The summed E-state index contributed by atoms with van der Waals surface area (Å²) in [6.45, 7) is 1.87. The van der Waals surface area contributed by atoms with Gasteiger partial charge in [0.15, 0.2) is 5.16 Å². The summed E-state index contributed by atoms with van der Waals surface area (Å²) in [6.07, 6.45) is 0. The van der Waals surface area contributed by atoms with E-state index in [-0.39, 0.29) is 17.2 Å². The lowest BCUT2D eigenvalue weighted by atomic mass is 10.2. The Morgan fingerprint density at radius 1 is 1.09 bits per heavy atom. The van der Waals surface area contributed by atoms with Gasteiger partial charge in [-0.05, 0) is 25.1 Å². The second-order valence-corrected chi connectivity index (χ2v) is 7.96. The SMILES string of the molecule is COc1cc(NC(=O)CSc2nc3cc(C)[nH]c3c(=O)n2-c2ccccc2)cc(OC)c1. The minimum absolute atomic E-state index is 0.0632. The molecule has 2 aromatic carbocycles. The van der Waals surface area contributed by atoms with E-state index in [0.717, 1.165) is 5.69 Å². The first-order valence-corrected chi connectivity index (χ1v) is 10.8. The third kappa shape index (κ3) is 4.47. The van der Waals surface area contributed by atoms with E-state index in [9.17, 15) is 9.59 Å². The van der Waals surface area contributed by atoms with Gasteiger partial charge in [0.05, 0.1) is 31.2 Å². The molecule has 0 radical (unpaired) electrons. The van der Waals surface area contributed by atoms with Gasteiger partial charge in [0, 0.05) is 29.6 Å².